The molecule has 2 saturated heterocycles. The molecule has 1 amide bonds. The molecular weight excluding hydrogens is 396 g/mol. The first-order valence-corrected chi connectivity index (χ1v) is 12.3. The number of carbonyl (C=O) groups is 1. The van der Waals surface area contributed by atoms with Crippen LogP contribution in [0.15, 0.2) is 23.6 Å². The number of hydrogen-bond donors (Lipinski definition) is 0. The van der Waals surface area contributed by atoms with E-state index in [2.05, 4.69) is 42.3 Å². The molecule has 0 saturated carbocycles. The largest absolute Gasteiger partial charge is 0.491 e. The molecule has 0 aliphatic carbocycles. The van der Waals surface area contributed by atoms with Crippen LogP contribution in [0.2, 0.25) is 0 Å². The summed E-state index contributed by atoms with van der Waals surface area (Å²) in [5.41, 5.74) is 1.50. The lowest BCUT2D eigenvalue weighted by Crippen LogP contribution is -2.48. The van der Waals surface area contributed by atoms with E-state index in [9.17, 15) is 4.79 Å². The number of nitrogens with zero attached hydrogens (tertiary/aromatic N) is 2. The van der Waals surface area contributed by atoms with Gasteiger partial charge in [-0.05, 0) is 100.0 Å². The van der Waals surface area contributed by atoms with E-state index >= 15 is 0 Å². The van der Waals surface area contributed by atoms with Crippen LogP contribution < -0.4 is 4.74 Å². The zero-order chi connectivity index (χ0) is 21.1. The number of carbonyl (C=O) groups excluding carboxylic acids is 1. The molecule has 164 valence electrons. The summed E-state index contributed by atoms with van der Waals surface area (Å²) in [7, 11) is 0. The first kappa shape index (κ1) is 21.4. The first-order valence-electron chi connectivity index (χ1n) is 11.4. The smallest absolute Gasteiger partial charge is 0.409 e. The average molecular weight is 431 g/mol. The van der Waals surface area contributed by atoms with Crippen molar-refractivity contribution >= 4 is 27.5 Å². The molecule has 4 rings (SSSR count). The molecule has 2 aliphatic rings. The van der Waals surface area contributed by atoms with Crippen LogP contribution in [0, 0.1) is 0 Å². The van der Waals surface area contributed by atoms with Gasteiger partial charge in [-0.3, -0.25) is 0 Å². The molecule has 0 spiro atoms. The van der Waals surface area contributed by atoms with Crippen molar-refractivity contribution in [1.82, 2.24) is 9.80 Å². The second-order valence-corrected chi connectivity index (χ2v) is 9.65. The highest BCUT2D eigenvalue weighted by molar-refractivity contribution is 7.17. The molecule has 2 aromatic rings. The summed E-state index contributed by atoms with van der Waals surface area (Å²) in [4.78, 5) is 16.4. The Morgan fingerprint density at radius 1 is 1.13 bits per heavy atom. The SMILES string of the molecule is CCOC(=O)N1CCC(N2CCC(c3csc4ccc(OC(C)C)cc34)CC2)CC1. The minimum atomic E-state index is -0.153. The van der Waals surface area contributed by atoms with Crippen LogP contribution in [0.4, 0.5) is 4.79 Å². The molecule has 0 N–H and O–H groups in total. The van der Waals surface area contributed by atoms with E-state index in [1.807, 2.05) is 23.2 Å². The zero-order valence-electron chi connectivity index (χ0n) is 18.4. The van der Waals surface area contributed by atoms with Gasteiger partial charge in [0.15, 0.2) is 0 Å². The lowest BCUT2D eigenvalue weighted by Gasteiger charge is -2.41. The van der Waals surface area contributed by atoms with Crippen LogP contribution in [0.5, 0.6) is 5.75 Å². The van der Waals surface area contributed by atoms with Crippen molar-refractivity contribution in [3.63, 3.8) is 0 Å². The predicted molar refractivity (Wildman–Crippen MR) is 123 cm³/mol. The Kier molecular flexibility index (Phi) is 6.84. The number of piperidine rings is 2. The van der Waals surface area contributed by atoms with Crippen LogP contribution in [0.25, 0.3) is 10.1 Å². The minimum Gasteiger partial charge on any atom is -0.491 e. The third-order valence-electron chi connectivity index (χ3n) is 6.42. The summed E-state index contributed by atoms with van der Waals surface area (Å²) >= 11 is 1.85. The average Bonchev–Trinajstić information content (AvgIpc) is 3.17. The number of benzene rings is 1. The van der Waals surface area contributed by atoms with Gasteiger partial charge in [-0.1, -0.05) is 0 Å². The topological polar surface area (TPSA) is 42.0 Å². The minimum absolute atomic E-state index is 0.153. The van der Waals surface area contributed by atoms with Crippen LogP contribution in [-0.4, -0.2) is 60.8 Å². The molecule has 3 heterocycles. The fourth-order valence-electron chi connectivity index (χ4n) is 4.89. The van der Waals surface area contributed by atoms with Gasteiger partial charge in [0.25, 0.3) is 0 Å². The summed E-state index contributed by atoms with van der Waals surface area (Å²) in [5, 5.41) is 3.74. The normalized spacial score (nSPS) is 19.5. The number of amides is 1. The fourth-order valence-corrected chi connectivity index (χ4v) is 5.92. The third-order valence-corrected chi connectivity index (χ3v) is 7.40. The van der Waals surface area contributed by atoms with Gasteiger partial charge in [0, 0.05) is 23.8 Å². The maximum atomic E-state index is 11.9. The molecule has 0 radical (unpaired) electrons. The van der Waals surface area contributed by atoms with Gasteiger partial charge in [-0.2, -0.15) is 0 Å². The summed E-state index contributed by atoms with van der Waals surface area (Å²) < 4.78 is 12.4. The van der Waals surface area contributed by atoms with E-state index in [1.54, 1.807) is 0 Å². The molecule has 30 heavy (non-hydrogen) atoms. The zero-order valence-corrected chi connectivity index (χ0v) is 19.2. The van der Waals surface area contributed by atoms with E-state index in [0.29, 0.717) is 18.6 Å². The van der Waals surface area contributed by atoms with E-state index in [1.165, 1.54) is 28.5 Å². The highest BCUT2D eigenvalue weighted by Gasteiger charge is 2.31. The number of fused-ring (bicyclic) bond motifs is 1. The van der Waals surface area contributed by atoms with Gasteiger partial charge in [0.1, 0.15) is 5.75 Å². The van der Waals surface area contributed by atoms with Crippen LogP contribution in [0.1, 0.15) is 57.9 Å². The molecule has 1 aromatic heterocycles. The fraction of sp³-hybridized carbons (Fsp3) is 0.625. The molecule has 6 heteroatoms. The second-order valence-electron chi connectivity index (χ2n) is 8.74. The van der Waals surface area contributed by atoms with Crippen molar-refractivity contribution in [2.75, 3.05) is 32.8 Å². The molecule has 0 atom stereocenters. The van der Waals surface area contributed by atoms with Crippen LogP contribution in [0.3, 0.4) is 0 Å². The van der Waals surface area contributed by atoms with E-state index in [-0.39, 0.29) is 12.2 Å². The highest BCUT2D eigenvalue weighted by atomic mass is 32.1. The van der Waals surface area contributed by atoms with Gasteiger partial charge in [-0.25, -0.2) is 4.79 Å². The number of likely N-dealkylation sites (tertiary alicyclic amines) is 2. The van der Waals surface area contributed by atoms with Gasteiger partial charge >= 0.3 is 6.09 Å². The van der Waals surface area contributed by atoms with Crippen molar-refractivity contribution < 1.29 is 14.3 Å². The van der Waals surface area contributed by atoms with Gasteiger partial charge < -0.3 is 19.3 Å². The molecule has 0 unspecified atom stereocenters. The summed E-state index contributed by atoms with van der Waals surface area (Å²) in [6.07, 6.45) is 4.57. The van der Waals surface area contributed by atoms with Crippen LogP contribution >= 0.6 is 11.3 Å². The van der Waals surface area contributed by atoms with Gasteiger partial charge in [-0.15, -0.1) is 11.3 Å². The Bertz CT molecular complexity index is 849. The monoisotopic (exact) mass is 430 g/mol. The number of hydrogen-bond acceptors (Lipinski definition) is 5. The first-order chi connectivity index (χ1) is 14.5. The summed E-state index contributed by atoms with van der Waals surface area (Å²) in [6, 6.07) is 7.13. The van der Waals surface area contributed by atoms with Crippen LogP contribution in [-0.2, 0) is 4.74 Å². The maximum Gasteiger partial charge on any atom is 0.409 e. The molecule has 1 aromatic carbocycles. The standard InChI is InChI=1S/C24H34N2O3S/c1-4-28-24(27)26-13-9-19(10-14-26)25-11-7-18(8-12-25)22-16-30-23-6-5-20(15-21(22)23)29-17(2)3/h5-6,15-19H,4,7-14H2,1-3H3. The lowest BCUT2D eigenvalue weighted by atomic mass is 9.88. The van der Waals surface area contributed by atoms with Crippen molar-refractivity contribution in [2.45, 2.75) is 64.5 Å². The Hall–Kier alpha value is -1.79. The van der Waals surface area contributed by atoms with Gasteiger partial charge in [0.05, 0.1) is 12.7 Å². The van der Waals surface area contributed by atoms with Crippen molar-refractivity contribution in [1.29, 1.82) is 0 Å². The second kappa shape index (κ2) is 9.56. The summed E-state index contributed by atoms with van der Waals surface area (Å²) in [5.74, 6) is 1.60. The summed E-state index contributed by atoms with van der Waals surface area (Å²) in [6.45, 7) is 10.4. The Labute approximate surface area is 183 Å². The quantitative estimate of drug-likeness (QED) is 0.629. The van der Waals surface area contributed by atoms with E-state index < -0.39 is 0 Å². The number of rotatable bonds is 5. The number of thiophene rings is 1. The molecule has 5 nitrogen and oxygen atoms in total. The Balaban J connectivity index is 1.34. The Morgan fingerprint density at radius 2 is 1.87 bits per heavy atom. The Morgan fingerprint density at radius 3 is 2.53 bits per heavy atom. The maximum absolute atomic E-state index is 11.9. The predicted octanol–water partition coefficient (Wildman–Crippen LogP) is 5.49. The van der Waals surface area contributed by atoms with Crippen molar-refractivity contribution in [2.24, 2.45) is 0 Å². The molecular formula is C24H34N2O3S. The molecule has 2 fully saturated rings. The van der Waals surface area contributed by atoms with E-state index in [0.717, 1.165) is 44.8 Å². The lowest BCUT2D eigenvalue weighted by molar-refractivity contribution is 0.0664. The van der Waals surface area contributed by atoms with Crippen molar-refractivity contribution in [3.8, 4) is 5.75 Å². The van der Waals surface area contributed by atoms with Crippen molar-refractivity contribution in [3.05, 3.63) is 29.1 Å². The highest BCUT2D eigenvalue weighted by Crippen LogP contribution is 2.39. The molecule has 2 aliphatic heterocycles. The van der Waals surface area contributed by atoms with E-state index in [4.69, 9.17) is 9.47 Å². The number of ether oxygens (including phenoxy) is 2. The van der Waals surface area contributed by atoms with Gasteiger partial charge in [0.2, 0.25) is 0 Å². The third kappa shape index (κ3) is 4.75. The molecule has 0 bridgehead atoms.